The standard InChI is InChI=1S/C17H17ClN2O/c18-15-3-1-13(2-4-15)17-10-16(21-19-17)9-14-11-20-7-5-12(14)6-8-20/h1-4,9-10,12H,5-8,11H2/b14-9+. The molecule has 1 aromatic heterocycles. The van der Waals surface area contributed by atoms with Gasteiger partial charge in [0.05, 0.1) is 0 Å². The van der Waals surface area contributed by atoms with E-state index in [1.807, 2.05) is 30.3 Å². The highest BCUT2D eigenvalue weighted by atomic mass is 35.5. The number of benzene rings is 1. The summed E-state index contributed by atoms with van der Waals surface area (Å²) in [6, 6.07) is 9.68. The third kappa shape index (κ3) is 2.63. The summed E-state index contributed by atoms with van der Waals surface area (Å²) in [4.78, 5) is 2.52. The lowest BCUT2D eigenvalue weighted by Crippen LogP contribution is -2.42. The topological polar surface area (TPSA) is 29.3 Å². The van der Waals surface area contributed by atoms with E-state index in [1.165, 1.54) is 31.5 Å². The maximum Gasteiger partial charge on any atom is 0.160 e. The number of piperidine rings is 3. The van der Waals surface area contributed by atoms with Gasteiger partial charge in [-0.2, -0.15) is 0 Å². The van der Waals surface area contributed by atoms with E-state index in [0.717, 1.165) is 34.5 Å². The van der Waals surface area contributed by atoms with Crippen LogP contribution in [0, 0.1) is 5.92 Å². The van der Waals surface area contributed by atoms with E-state index in [4.69, 9.17) is 16.1 Å². The molecule has 4 heterocycles. The van der Waals surface area contributed by atoms with Gasteiger partial charge in [0.2, 0.25) is 0 Å². The Kier molecular flexibility index (Phi) is 3.32. The highest BCUT2D eigenvalue weighted by molar-refractivity contribution is 6.30. The van der Waals surface area contributed by atoms with Gasteiger partial charge in [-0.15, -0.1) is 0 Å². The Labute approximate surface area is 129 Å². The van der Waals surface area contributed by atoms with E-state index < -0.39 is 0 Å². The second-order valence-electron chi connectivity index (χ2n) is 5.89. The fourth-order valence-corrected chi connectivity index (χ4v) is 3.44. The minimum Gasteiger partial charge on any atom is -0.356 e. The van der Waals surface area contributed by atoms with Crippen LogP contribution in [0.4, 0.5) is 0 Å². The molecular formula is C17H17ClN2O. The molecule has 0 amide bonds. The summed E-state index contributed by atoms with van der Waals surface area (Å²) >= 11 is 5.91. The average Bonchev–Trinajstić information content (AvgIpc) is 2.98. The fraction of sp³-hybridized carbons (Fsp3) is 0.353. The van der Waals surface area contributed by atoms with E-state index in [-0.39, 0.29) is 0 Å². The maximum absolute atomic E-state index is 5.91. The first kappa shape index (κ1) is 13.1. The second-order valence-corrected chi connectivity index (χ2v) is 6.33. The molecule has 0 saturated carbocycles. The Morgan fingerprint density at radius 3 is 2.62 bits per heavy atom. The third-order valence-corrected chi connectivity index (χ3v) is 4.77. The molecule has 3 aliphatic heterocycles. The first-order valence-electron chi connectivity index (χ1n) is 7.43. The Balaban J connectivity index is 1.58. The molecule has 2 bridgehead atoms. The smallest absolute Gasteiger partial charge is 0.160 e. The number of rotatable bonds is 2. The first-order chi connectivity index (χ1) is 10.3. The van der Waals surface area contributed by atoms with E-state index in [9.17, 15) is 0 Å². The average molecular weight is 301 g/mol. The van der Waals surface area contributed by atoms with Crippen LogP contribution >= 0.6 is 11.6 Å². The molecule has 108 valence electrons. The van der Waals surface area contributed by atoms with E-state index in [2.05, 4.69) is 16.1 Å². The summed E-state index contributed by atoms with van der Waals surface area (Å²) in [5.74, 6) is 1.59. The van der Waals surface area contributed by atoms with Crippen molar-refractivity contribution in [2.45, 2.75) is 12.8 Å². The van der Waals surface area contributed by atoms with Gasteiger partial charge in [0.25, 0.3) is 0 Å². The predicted molar refractivity (Wildman–Crippen MR) is 84.1 cm³/mol. The summed E-state index contributed by atoms with van der Waals surface area (Å²) in [6.45, 7) is 3.57. The molecule has 1 aromatic carbocycles. The summed E-state index contributed by atoms with van der Waals surface area (Å²) < 4.78 is 5.48. The van der Waals surface area contributed by atoms with Crippen LogP contribution < -0.4 is 0 Å². The van der Waals surface area contributed by atoms with E-state index >= 15 is 0 Å². The van der Waals surface area contributed by atoms with Crippen molar-refractivity contribution in [2.75, 3.05) is 19.6 Å². The molecule has 0 unspecified atom stereocenters. The quantitative estimate of drug-likeness (QED) is 0.836. The van der Waals surface area contributed by atoms with Crippen LogP contribution in [0.2, 0.25) is 5.02 Å². The monoisotopic (exact) mass is 300 g/mol. The summed E-state index contributed by atoms with van der Waals surface area (Å²) in [6.07, 6.45) is 4.75. The van der Waals surface area contributed by atoms with Crippen LogP contribution in [0.15, 0.2) is 40.4 Å². The normalized spacial score (nSPS) is 26.4. The van der Waals surface area contributed by atoms with Gasteiger partial charge in [-0.1, -0.05) is 28.9 Å². The lowest BCUT2D eigenvalue weighted by molar-refractivity contribution is 0.163. The van der Waals surface area contributed by atoms with Crippen LogP contribution in [0.1, 0.15) is 18.6 Å². The SMILES string of the molecule is Clc1ccc(-c2cc(/C=C3\CN4CCC3CC4)on2)cc1. The molecule has 0 atom stereocenters. The molecule has 2 aromatic rings. The van der Waals surface area contributed by atoms with Crippen molar-refractivity contribution in [1.82, 2.24) is 10.1 Å². The Bertz CT molecular complexity index is 666. The minimum absolute atomic E-state index is 0.733. The molecule has 3 saturated heterocycles. The first-order valence-corrected chi connectivity index (χ1v) is 7.81. The number of nitrogens with zero attached hydrogens (tertiary/aromatic N) is 2. The zero-order chi connectivity index (χ0) is 14.2. The number of halogens is 1. The number of hydrogen-bond donors (Lipinski definition) is 0. The largest absolute Gasteiger partial charge is 0.356 e. The maximum atomic E-state index is 5.91. The molecule has 0 N–H and O–H groups in total. The van der Waals surface area contributed by atoms with Gasteiger partial charge in [0.1, 0.15) is 5.69 Å². The van der Waals surface area contributed by atoms with Crippen molar-refractivity contribution >= 4 is 17.7 Å². The third-order valence-electron chi connectivity index (χ3n) is 4.51. The van der Waals surface area contributed by atoms with Gasteiger partial charge in [-0.25, -0.2) is 0 Å². The van der Waals surface area contributed by atoms with Gasteiger partial charge < -0.3 is 4.52 Å². The molecule has 0 radical (unpaired) electrons. The Morgan fingerprint density at radius 2 is 1.95 bits per heavy atom. The van der Waals surface area contributed by atoms with Crippen LogP contribution in [0.5, 0.6) is 0 Å². The number of aromatic nitrogens is 1. The number of hydrogen-bond acceptors (Lipinski definition) is 3. The molecule has 3 fully saturated rings. The van der Waals surface area contributed by atoms with Crippen molar-refractivity contribution in [3.05, 3.63) is 46.7 Å². The second kappa shape index (κ2) is 5.32. The zero-order valence-corrected chi connectivity index (χ0v) is 12.5. The van der Waals surface area contributed by atoms with Crippen LogP contribution in [0.3, 0.4) is 0 Å². The van der Waals surface area contributed by atoms with Crippen LogP contribution in [-0.2, 0) is 0 Å². The van der Waals surface area contributed by atoms with E-state index in [0.29, 0.717) is 0 Å². The summed E-state index contributed by atoms with van der Waals surface area (Å²) in [5.41, 5.74) is 3.38. The van der Waals surface area contributed by atoms with Crippen molar-refractivity contribution in [2.24, 2.45) is 5.92 Å². The molecule has 5 rings (SSSR count). The van der Waals surface area contributed by atoms with Gasteiger partial charge in [0, 0.05) is 23.2 Å². The molecule has 3 nitrogen and oxygen atoms in total. The fourth-order valence-electron chi connectivity index (χ4n) is 3.31. The molecule has 4 heteroatoms. The van der Waals surface area contributed by atoms with Gasteiger partial charge in [0.15, 0.2) is 5.76 Å². The highest BCUT2D eigenvalue weighted by Crippen LogP contribution is 2.33. The summed E-state index contributed by atoms with van der Waals surface area (Å²) in [5, 5.41) is 4.90. The zero-order valence-electron chi connectivity index (χ0n) is 11.8. The highest BCUT2D eigenvalue weighted by Gasteiger charge is 2.29. The molecular weight excluding hydrogens is 284 g/mol. The molecule has 3 aliphatic rings. The molecule has 0 aliphatic carbocycles. The lowest BCUT2D eigenvalue weighted by Gasteiger charge is -2.40. The van der Waals surface area contributed by atoms with Gasteiger partial charge in [-0.05, 0) is 55.6 Å². The predicted octanol–water partition coefficient (Wildman–Crippen LogP) is 4.10. The molecule has 0 spiro atoms. The minimum atomic E-state index is 0.733. The molecule has 21 heavy (non-hydrogen) atoms. The van der Waals surface area contributed by atoms with Crippen LogP contribution in [0.25, 0.3) is 17.3 Å². The van der Waals surface area contributed by atoms with Crippen molar-refractivity contribution in [3.8, 4) is 11.3 Å². The van der Waals surface area contributed by atoms with Gasteiger partial charge >= 0.3 is 0 Å². The Morgan fingerprint density at radius 1 is 1.19 bits per heavy atom. The number of fused-ring (bicyclic) bond motifs is 3. The van der Waals surface area contributed by atoms with Crippen molar-refractivity contribution < 1.29 is 4.52 Å². The lowest BCUT2D eigenvalue weighted by atomic mass is 9.83. The van der Waals surface area contributed by atoms with Crippen LogP contribution in [-0.4, -0.2) is 29.7 Å². The van der Waals surface area contributed by atoms with Crippen molar-refractivity contribution in [1.29, 1.82) is 0 Å². The van der Waals surface area contributed by atoms with Crippen molar-refractivity contribution in [3.63, 3.8) is 0 Å². The summed E-state index contributed by atoms with van der Waals surface area (Å²) in [7, 11) is 0. The Hall–Kier alpha value is -1.58. The van der Waals surface area contributed by atoms with E-state index in [1.54, 1.807) is 0 Å². The van der Waals surface area contributed by atoms with Gasteiger partial charge in [-0.3, -0.25) is 4.90 Å².